The molecule has 8 nitrogen and oxygen atoms in total. The zero-order valence-electron chi connectivity index (χ0n) is 15.3. The van der Waals surface area contributed by atoms with Crippen LogP contribution in [0.2, 0.25) is 5.02 Å². The minimum absolute atomic E-state index is 0.0317. The molecule has 0 spiro atoms. The molecule has 0 N–H and O–H groups in total. The van der Waals surface area contributed by atoms with Gasteiger partial charge in [0.25, 0.3) is 5.91 Å². The SMILES string of the molecule is CCOC(=O)N1CCN(C(=O)c2ccn(COc3ccc(F)c(Cl)c3)n2)CC1. The highest BCUT2D eigenvalue weighted by Crippen LogP contribution is 2.21. The molecule has 1 fully saturated rings. The average Bonchev–Trinajstić information content (AvgIpc) is 3.18. The Bertz CT molecular complexity index is 852. The van der Waals surface area contributed by atoms with Gasteiger partial charge in [-0.25, -0.2) is 13.9 Å². The first-order valence-corrected chi connectivity index (χ1v) is 9.18. The number of ether oxygens (including phenoxy) is 2. The van der Waals surface area contributed by atoms with Crippen molar-refractivity contribution in [3.05, 3.63) is 47.0 Å². The van der Waals surface area contributed by atoms with Crippen molar-refractivity contribution in [2.45, 2.75) is 13.7 Å². The molecule has 2 amide bonds. The van der Waals surface area contributed by atoms with Crippen molar-refractivity contribution in [1.82, 2.24) is 19.6 Å². The molecule has 0 radical (unpaired) electrons. The van der Waals surface area contributed by atoms with E-state index in [4.69, 9.17) is 21.1 Å². The van der Waals surface area contributed by atoms with Crippen molar-refractivity contribution >= 4 is 23.6 Å². The van der Waals surface area contributed by atoms with E-state index in [1.54, 1.807) is 29.0 Å². The molecule has 1 aromatic heterocycles. The predicted molar refractivity (Wildman–Crippen MR) is 98.8 cm³/mol. The third kappa shape index (κ3) is 4.72. The number of hydrogen-bond donors (Lipinski definition) is 0. The lowest BCUT2D eigenvalue weighted by Crippen LogP contribution is -2.50. The molecule has 2 aromatic rings. The van der Waals surface area contributed by atoms with Crippen molar-refractivity contribution in [3.8, 4) is 5.75 Å². The number of hydrogen-bond acceptors (Lipinski definition) is 5. The molecule has 1 aliphatic heterocycles. The minimum atomic E-state index is -0.524. The van der Waals surface area contributed by atoms with E-state index in [1.165, 1.54) is 22.9 Å². The van der Waals surface area contributed by atoms with Gasteiger partial charge < -0.3 is 19.3 Å². The predicted octanol–water partition coefficient (Wildman–Crippen LogP) is 2.63. The van der Waals surface area contributed by atoms with Crippen molar-refractivity contribution in [3.63, 3.8) is 0 Å². The summed E-state index contributed by atoms with van der Waals surface area (Å²) in [5.41, 5.74) is 0.283. The van der Waals surface area contributed by atoms with Crippen LogP contribution in [0.3, 0.4) is 0 Å². The van der Waals surface area contributed by atoms with Crippen LogP contribution >= 0.6 is 11.6 Å². The van der Waals surface area contributed by atoms with Crippen LogP contribution in [0, 0.1) is 5.82 Å². The van der Waals surface area contributed by atoms with E-state index in [0.717, 1.165) is 0 Å². The van der Waals surface area contributed by atoms with Gasteiger partial charge in [0.05, 0.1) is 11.6 Å². The summed E-state index contributed by atoms with van der Waals surface area (Å²) in [4.78, 5) is 27.5. The summed E-state index contributed by atoms with van der Waals surface area (Å²) in [5.74, 6) is -0.346. The number of carbonyl (C=O) groups excluding carboxylic acids is 2. The number of aromatic nitrogens is 2. The minimum Gasteiger partial charge on any atom is -0.471 e. The van der Waals surface area contributed by atoms with Crippen molar-refractivity contribution < 1.29 is 23.5 Å². The van der Waals surface area contributed by atoms with E-state index in [9.17, 15) is 14.0 Å². The highest BCUT2D eigenvalue weighted by Gasteiger charge is 2.26. The van der Waals surface area contributed by atoms with Crippen LogP contribution in [-0.2, 0) is 11.5 Å². The second-order valence-electron chi connectivity index (χ2n) is 6.07. The van der Waals surface area contributed by atoms with Gasteiger partial charge in [0.1, 0.15) is 11.6 Å². The summed E-state index contributed by atoms with van der Waals surface area (Å²) in [7, 11) is 0. The van der Waals surface area contributed by atoms with E-state index in [0.29, 0.717) is 38.5 Å². The van der Waals surface area contributed by atoms with Gasteiger partial charge >= 0.3 is 6.09 Å². The van der Waals surface area contributed by atoms with Gasteiger partial charge in [0.2, 0.25) is 0 Å². The Labute approximate surface area is 166 Å². The van der Waals surface area contributed by atoms with Gasteiger partial charge in [-0.3, -0.25) is 4.79 Å². The molecule has 1 saturated heterocycles. The molecule has 28 heavy (non-hydrogen) atoms. The fourth-order valence-corrected chi connectivity index (χ4v) is 2.89. The Balaban J connectivity index is 1.53. The van der Waals surface area contributed by atoms with E-state index < -0.39 is 5.82 Å². The normalized spacial score (nSPS) is 14.1. The largest absolute Gasteiger partial charge is 0.471 e. The van der Waals surface area contributed by atoms with Crippen LogP contribution in [0.1, 0.15) is 17.4 Å². The lowest BCUT2D eigenvalue weighted by molar-refractivity contribution is 0.0564. The van der Waals surface area contributed by atoms with Crippen LogP contribution in [0.4, 0.5) is 9.18 Å². The fraction of sp³-hybridized carbons (Fsp3) is 0.389. The lowest BCUT2D eigenvalue weighted by atomic mass is 10.3. The molecule has 0 aliphatic carbocycles. The lowest BCUT2D eigenvalue weighted by Gasteiger charge is -2.33. The summed E-state index contributed by atoms with van der Waals surface area (Å²) in [6.45, 7) is 3.78. The zero-order chi connectivity index (χ0) is 20.1. The molecule has 1 aliphatic rings. The third-order valence-electron chi connectivity index (χ3n) is 4.21. The number of benzene rings is 1. The summed E-state index contributed by atoms with van der Waals surface area (Å²) in [5, 5.41) is 4.18. The van der Waals surface area contributed by atoms with Gasteiger partial charge in [-0.2, -0.15) is 5.10 Å². The molecule has 10 heteroatoms. The van der Waals surface area contributed by atoms with Gasteiger partial charge in [-0.05, 0) is 25.1 Å². The first kappa shape index (κ1) is 19.9. The second-order valence-corrected chi connectivity index (χ2v) is 6.48. The number of carbonyl (C=O) groups is 2. The number of halogens is 2. The molecular formula is C18H20ClFN4O4. The summed E-state index contributed by atoms with van der Waals surface area (Å²) < 4.78 is 25.1. The molecule has 2 heterocycles. The molecular weight excluding hydrogens is 391 g/mol. The number of rotatable bonds is 5. The number of nitrogens with zero attached hydrogens (tertiary/aromatic N) is 4. The fourth-order valence-electron chi connectivity index (χ4n) is 2.72. The maximum absolute atomic E-state index is 13.2. The molecule has 0 atom stereocenters. The summed E-state index contributed by atoms with van der Waals surface area (Å²) in [6, 6.07) is 5.64. The maximum atomic E-state index is 13.2. The van der Waals surface area contributed by atoms with Gasteiger partial charge in [0, 0.05) is 38.4 Å². The van der Waals surface area contributed by atoms with Gasteiger partial charge in [-0.15, -0.1) is 0 Å². The number of piperazine rings is 1. The summed E-state index contributed by atoms with van der Waals surface area (Å²) >= 11 is 5.71. The Hall–Kier alpha value is -2.81. The summed E-state index contributed by atoms with van der Waals surface area (Å²) in [6.07, 6.45) is 1.25. The zero-order valence-corrected chi connectivity index (χ0v) is 16.1. The second kappa shape index (κ2) is 8.92. The average molecular weight is 411 g/mol. The molecule has 0 bridgehead atoms. The van der Waals surface area contributed by atoms with E-state index >= 15 is 0 Å². The van der Waals surface area contributed by atoms with Crippen molar-refractivity contribution in [2.24, 2.45) is 0 Å². The standard InChI is InChI=1S/C18H20ClFN4O4/c1-2-27-18(26)23-9-7-22(8-10-23)17(25)16-5-6-24(21-16)12-28-13-3-4-15(20)14(19)11-13/h3-6,11H,2,7-10,12H2,1H3. The first-order valence-electron chi connectivity index (χ1n) is 8.80. The Morgan fingerprint density at radius 3 is 2.57 bits per heavy atom. The van der Waals surface area contributed by atoms with Crippen LogP contribution in [-0.4, -0.2) is 64.4 Å². The molecule has 150 valence electrons. The van der Waals surface area contributed by atoms with Gasteiger partial charge in [-0.1, -0.05) is 11.6 Å². The Kier molecular flexibility index (Phi) is 6.35. The van der Waals surface area contributed by atoms with Crippen molar-refractivity contribution in [1.29, 1.82) is 0 Å². The third-order valence-corrected chi connectivity index (χ3v) is 4.50. The molecule has 1 aromatic carbocycles. The maximum Gasteiger partial charge on any atom is 0.409 e. The number of amides is 2. The molecule has 0 saturated carbocycles. The van der Waals surface area contributed by atoms with Crippen LogP contribution in [0.5, 0.6) is 5.75 Å². The smallest absolute Gasteiger partial charge is 0.409 e. The highest BCUT2D eigenvalue weighted by atomic mass is 35.5. The van der Waals surface area contributed by atoms with Gasteiger partial charge in [0.15, 0.2) is 12.4 Å². The van der Waals surface area contributed by atoms with Crippen LogP contribution in [0.15, 0.2) is 30.5 Å². The highest BCUT2D eigenvalue weighted by molar-refractivity contribution is 6.30. The quantitative estimate of drug-likeness (QED) is 0.757. The molecule has 0 unspecified atom stereocenters. The Morgan fingerprint density at radius 2 is 1.89 bits per heavy atom. The topological polar surface area (TPSA) is 76.9 Å². The first-order chi connectivity index (χ1) is 13.5. The monoisotopic (exact) mass is 410 g/mol. The van der Waals surface area contributed by atoms with Crippen molar-refractivity contribution in [2.75, 3.05) is 32.8 Å². The van der Waals surface area contributed by atoms with Crippen LogP contribution < -0.4 is 4.74 Å². The Morgan fingerprint density at radius 1 is 1.18 bits per heavy atom. The van der Waals surface area contributed by atoms with E-state index in [1.807, 2.05) is 0 Å². The molecule has 3 rings (SSSR count). The van der Waals surface area contributed by atoms with E-state index in [-0.39, 0.29) is 29.4 Å². The van der Waals surface area contributed by atoms with E-state index in [2.05, 4.69) is 5.10 Å². The van der Waals surface area contributed by atoms with Crippen LogP contribution in [0.25, 0.3) is 0 Å².